The third-order valence-electron chi connectivity index (χ3n) is 2.72. The molecule has 0 radical (unpaired) electrons. The zero-order chi connectivity index (χ0) is 16.8. The van der Waals surface area contributed by atoms with Crippen LogP contribution in [-0.4, -0.2) is 19.2 Å². The molecule has 0 heterocycles. The molecule has 0 aromatic heterocycles. The number of hydrogen-bond donors (Lipinski definition) is 2. The molecule has 0 unspecified atom stereocenters. The van der Waals surface area contributed by atoms with Gasteiger partial charge in [0.25, 0.3) is 0 Å². The molecule has 0 bridgehead atoms. The maximum atomic E-state index is 13.3. The molecule has 0 aliphatic heterocycles. The summed E-state index contributed by atoms with van der Waals surface area (Å²) < 4.78 is 44.2. The van der Waals surface area contributed by atoms with Crippen molar-refractivity contribution in [2.24, 2.45) is 0 Å². The number of anilines is 1. The average molecular weight is 345 g/mol. The van der Waals surface area contributed by atoms with Crippen LogP contribution in [0.1, 0.15) is 0 Å². The van der Waals surface area contributed by atoms with Gasteiger partial charge >= 0.3 is 6.03 Å². The largest absolute Gasteiger partial charge is 0.490 e. The van der Waals surface area contributed by atoms with Gasteiger partial charge in [-0.1, -0.05) is 11.6 Å². The molecule has 2 aromatic carbocycles. The topological polar surface area (TPSA) is 50.4 Å². The second-order valence-corrected chi connectivity index (χ2v) is 4.84. The third-order valence-corrected chi connectivity index (χ3v) is 3.01. The van der Waals surface area contributed by atoms with Gasteiger partial charge in [0.05, 0.1) is 17.3 Å². The molecule has 0 saturated heterocycles. The molecule has 2 N–H and O–H groups in total. The number of ether oxygens (including phenoxy) is 1. The fourth-order valence-corrected chi connectivity index (χ4v) is 1.90. The molecular weight excluding hydrogens is 333 g/mol. The number of hydrogen-bond acceptors (Lipinski definition) is 2. The van der Waals surface area contributed by atoms with E-state index in [-0.39, 0.29) is 29.6 Å². The highest BCUT2D eigenvalue weighted by Crippen LogP contribution is 2.24. The molecule has 8 heteroatoms. The highest BCUT2D eigenvalue weighted by molar-refractivity contribution is 6.32. The molecule has 23 heavy (non-hydrogen) atoms. The van der Waals surface area contributed by atoms with Gasteiger partial charge in [-0.15, -0.1) is 0 Å². The van der Waals surface area contributed by atoms with E-state index in [9.17, 15) is 18.0 Å². The van der Waals surface area contributed by atoms with Gasteiger partial charge in [0, 0.05) is 6.07 Å². The van der Waals surface area contributed by atoms with Crippen LogP contribution in [0.25, 0.3) is 0 Å². The first-order chi connectivity index (χ1) is 11.0. The number of carbonyl (C=O) groups is 1. The molecule has 0 aliphatic carbocycles. The summed E-state index contributed by atoms with van der Waals surface area (Å²) in [6.07, 6.45) is 0. The van der Waals surface area contributed by atoms with Crippen LogP contribution in [0.4, 0.5) is 23.7 Å². The van der Waals surface area contributed by atoms with Crippen molar-refractivity contribution in [1.82, 2.24) is 5.32 Å². The molecular formula is C15H12ClF3N2O2. The summed E-state index contributed by atoms with van der Waals surface area (Å²) in [4.78, 5) is 11.6. The minimum Gasteiger partial charge on any atom is -0.490 e. The van der Waals surface area contributed by atoms with Crippen molar-refractivity contribution < 1.29 is 22.7 Å². The van der Waals surface area contributed by atoms with Gasteiger partial charge in [0.1, 0.15) is 29.8 Å². The number of halogens is 4. The molecule has 0 aliphatic rings. The zero-order valence-corrected chi connectivity index (χ0v) is 12.5. The van der Waals surface area contributed by atoms with Crippen LogP contribution in [0, 0.1) is 17.5 Å². The lowest BCUT2D eigenvalue weighted by atomic mass is 10.3. The number of carbonyl (C=O) groups excluding carboxylic acids is 1. The Labute approximate surface area is 135 Å². The summed E-state index contributed by atoms with van der Waals surface area (Å²) >= 11 is 5.77. The number of urea groups is 1. The minimum absolute atomic E-state index is 0.0741. The van der Waals surface area contributed by atoms with Gasteiger partial charge in [0.2, 0.25) is 0 Å². The van der Waals surface area contributed by atoms with Crippen molar-refractivity contribution in [3.05, 3.63) is 58.9 Å². The van der Waals surface area contributed by atoms with E-state index in [1.165, 1.54) is 12.1 Å². The molecule has 4 nitrogen and oxygen atoms in total. The lowest BCUT2D eigenvalue weighted by molar-refractivity contribution is 0.247. The van der Waals surface area contributed by atoms with E-state index in [0.717, 1.165) is 18.2 Å². The lowest BCUT2D eigenvalue weighted by Crippen LogP contribution is -2.32. The number of benzene rings is 2. The van der Waals surface area contributed by atoms with Gasteiger partial charge < -0.3 is 15.4 Å². The number of rotatable bonds is 5. The summed E-state index contributed by atoms with van der Waals surface area (Å²) in [5.41, 5.74) is -0.147. The van der Waals surface area contributed by atoms with Gasteiger partial charge in [-0.05, 0) is 30.3 Å². The van der Waals surface area contributed by atoms with Gasteiger partial charge in [0.15, 0.2) is 0 Å². The quantitative estimate of drug-likeness (QED) is 0.807. The Hall–Kier alpha value is -2.41. The highest BCUT2D eigenvalue weighted by Gasteiger charge is 2.08. The van der Waals surface area contributed by atoms with Crippen LogP contribution in [0.2, 0.25) is 5.02 Å². The molecule has 2 amide bonds. The van der Waals surface area contributed by atoms with E-state index in [4.69, 9.17) is 16.3 Å². The first kappa shape index (κ1) is 17.0. The van der Waals surface area contributed by atoms with Crippen molar-refractivity contribution in [1.29, 1.82) is 0 Å². The molecule has 0 atom stereocenters. The SMILES string of the molecule is O=C(NCCOc1ccc(F)cc1Cl)Nc1ccc(F)cc1F. The van der Waals surface area contributed by atoms with Crippen LogP contribution < -0.4 is 15.4 Å². The fourth-order valence-electron chi connectivity index (χ4n) is 1.68. The summed E-state index contributed by atoms with van der Waals surface area (Å²) in [5, 5.41) is 4.77. The van der Waals surface area contributed by atoms with Crippen LogP contribution >= 0.6 is 11.6 Å². The van der Waals surface area contributed by atoms with E-state index in [1.807, 2.05) is 0 Å². The monoisotopic (exact) mass is 344 g/mol. The maximum Gasteiger partial charge on any atom is 0.319 e. The Morgan fingerprint density at radius 3 is 2.48 bits per heavy atom. The van der Waals surface area contributed by atoms with Gasteiger partial charge in [-0.2, -0.15) is 0 Å². The number of amides is 2. The first-order valence-electron chi connectivity index (χ1n) is 6.53. The molecule has 0 saturated carbocycles. The van der Waals surface area contributed by atoms with E-state index >= 15 is 0 Å². The van der Waals surface area contributed by atoms with Crippen molar-refractivity contribution in [3.8, 4) is 5.75 Å². The standard InChI is InChI=1S/C15H12ClF3N2O2/c16-11-7-9(17)2-4-14(11)23-6-5-20-15(22)21-13-3-1-10(18)8-12(13)19/h1-4,7-8H,5-6H2,(H2,20,21,22). The smallest absolute Gasteiger partial charge is 0.319 e. The Morgan fingerprint density at radius 1 is 1.09 bits per heavy atom. The molecule has 2 aromatic rings. The van der Waals surface area contributed by atoms with Gasteiger partial charge in [-0.25, -0.2) is 18.0 Å². The summed E-state index contributed by atoms with van der Waals surface area (Å²) in [7, 11) is 0. The zero-order valence-electron chi connectivity index (χ0n) is 11.7. The Bertz CT molecular complexity index is 713. The average Bonchev–Trinajstić information content (AvgIpc) is 2.48. The normalized spacial score (nSPS) is 10.3. The molecule has 2 rings (SSSR count). The van der Waals surface area contributed by atoms with Crippen LogP contribution in [0.15, 0.2) is 36.4 Å². The van der Waals surface area contributed by atoms with E-state index in [1.54, 1.807) is 0 Å². The first-order valence-corrected chi connectivity index (χ1v) is 6.91. The van der Waals surface area contributed by atoms with Crippen molar-refractivity contribution >= 4 is 23.3 Å². The Balaban J connectivity index is 1.76. The second kappa shape index (κ2) is 7.73. The molecule has 0 fully saturated rings. The lowest BCUT2D eigenvalue weighted by Gasteiger charge is -2.10. The predicted molar refractivity (Wildman–Crippen MR) is 80.3 cm³/mol. The van der Waals surface area contributed by atoms with Crippen molar-refractivity contribution in [2.75, 3.05) is 18.5 Å². The second-order valence-electron chi connectivity index (χ2n) is 4.43. The van der Waals surface area contributed by atoms with Crippen LogP contribution in [0.3, 0.4) is 0 Å². The van der Waals surface area contributed by atoms with Crippen LogP contribution in [0.5, 0.6) is 5.75 Å². The Morgan fingerprint density at radius 2 is 1.78 bits per heavy atom. The fraction of sp³-hybridized carbons (Fsp3) is 0.133. The number of nitrogens with one attached hydrogen (secondary N) is 2. The Kier molecular flexibility index (Phi) is 5.70. The molecule has 0 spiro atoms. The van der Waals surface area contributed by atoms with Crippen LogP contribution in [-0.2, 0) is 0 Å². The van der Waals surface area contributed by atoms with Crippen molar-refractivity contribution in [3.63, 3.8) is 0 Å². The van der Waals surface area contributed by atoms with Gasteiger partial charge in [-0.3, -0.25) is 0 Å². The highest BCUT2D eigenvalue weighted by atomic mass is 35.5. The van der Waals surface area contributed by atoms with Crippen molar-refractivity contribution in [2.45, 2.75) is 0 Å². The predicted octanol–water partition coefficient (Wildman–Crippen LogP) is 3.96. The van der Waals surface area contributed by atoms with E-state index in [0.29, 0.717) is 6.07 Å². The van der Waals surface area contributed by atoms with E-state index < -0.39 is 23.5 Å². The summed E-state index contributed by atoms with van der Waals surface area (Å²) in [6.45, 7) is 0.174. The minimum atomic E-state index is -0.880. The maximum absolute atomic E-state index is 13.3. The summed E-state index contributed by atoms with van der Waals surface area (Å²) in [5.74, 6) is -1.83. The summed E-state index contributed by atoms with van der Waals surface area (Å²) in [6, 6.07) is 5.79. The molecule has 122 valence electrons. The third kappa shape index (κ3) is 5.07. The van der Waals surface area contributed by atoms with E-state index in [2.05, 4.69) is 10.6 Å².